The number of likely N-dealkylation sites (N-methyl/N-ethyl adjacent to an activating group) is 1. The van der Waals surface area contributed by atoms with Crippen LogP contribution in [0.25, 0.3) is 11.2 Å². The molecule has 2 heterocycles. The third-order valence-electron chi connectivity index (χ3n) is 5.50. The van der Waals surface area contributed by atoms with Gasteiger partial charge in [0, 0.05) is 21.1 Å². The Morgan fingerprint density at radius 1 is 1.26 bits per heavy atom. The number of imidazole rings is 1. The van der Waals surface area contributed by atoms with Crippen molar-refractivity contribution in [3.05, 3.63) is 26.1 Å². The van der Waals surface area contributed by atoms with Gasteiger partial charge in [0.2, 0.25) is 11.2 Å². The lowest BCUT2D eigenvalue weighted by molar-refractivity contribution is -0.135. The first kappa shape index (κ1) is 19.2. The van der Waals surface area contributed by atoms with Gasteiger partial charge in [-0.05, 0) is 24.4 Å². The quantitative estimate of drug-likeness (QED) is 0.717. The minimum absolute atomic E-state index is 0.0558. The molecule has 0 N–H and O–H groups in total. The summed E-state index contributed by atoms with van der Waals surface area (Å²) in [4.78, 5) is 43.1. The topological polar surface area (TPSA) is 106 Å². The first-order chi connectivity index (χ1) is 12.7. The third kappa shape index (κ3) is 2.94. The molecule has 0 saturated heterocycles. The summed E-state index contributed by atoms with van der Waals surface area (Å²) in [5.74, 6) is -0.337. The number of fused-ring (bicyclic) bond motifs is 1. The van der Waals surface area contributed by atoms with Crippen LogP contribution in [0.3, 0.4) is 0 Å². The van der Waals surface area contributed by atoms with Crippen LogP contribution in [0, 0.1) is 11.3 Å². The zero-order chi connectivity index (χ0) is 19.9. The lowest BCUT2D eigenvalue weighted by Crippen LogP contribution is -2.50. The van der Waals surface area contributed by atoms with Crippen molar-refractivity contribution in [1.29, 1.82) is 5.26 Å². The molecule has 0 unspecified atom stereocenters. The van der Waals surface area contributed by atoms with Gasteiger partial charge in [0.05, 0.1) is 6.07 Å². The Kier molecular flexibility index (Phi) is 4.86. The number of nitrogens with zero attached hydrogens (tertiary/aromatic N) is 6. The van der Waals surface area contributed by atoms with Crippen molar-refractivity contribution in [2.24, 2.45) is 14.1 Å². The van der Waals surface area contributed by atoms with Crippen LogP contribution in [0.15, 0.2) is 9.59 Å². The second kappa shape index (κ2) is 6.85. The van der Waals surface area contributed by atoms with Gasteiger partial charge in [0.25, 0.3) is 5.56 Å². The highest BCUT2D eigenvalue weighted by atomic mass is 35.5. The highest BCUT2D eigenvalue weighted by molar-refractivity contribution is 6.29. The molecule has 0 radical (unpaired) electrons. The maximum Gasteiger partial charge on any atom is 0.332 e. The fourth-order valence-electron chi connectivity index (χ4n) is 3.70. The van der Waals surface area contributed by atoms with Gasteiger partial charge in [-0.2, -0.15) is 10.2 Å². The number of carbonyl (C=O) groups excluding carboxylic acids is 1. The molecule has 1 aliphatic rings. The molecule has 2 aromatic rings. The summed E-state index contributed by atoms with van der Waals surface area (Å²) in [5.41, 5.74) is -1.73. The second-order valence-corrected chi connectivity index (χ2v) is 7.34. The maximum absolute atomic E-state index is 12.9. The van der Waals surface area contributed by atoms with E-state index >= 15 is 0 Å². The van der Waals surface area contributed by atoms with Crippen molar-refractivity contribution < 1.29 is 4.79 Å². The first-order valence-corrected chi connectivity index (χ1v) is 9.11. The number of rotatable bonds is 3. The van der Waals surface area contributed by atoms with Crippen LogP contribution in [0.4, 0.5) is 0 Å². The average Bonchev–Trinajstić information content (AvgIpc) is 3.00. The number of aromatic nitrogens is 4. The van der Waals surface area contributed by atoms with Gasteiger partial charge >= 0.3 is 5.69 Å². The van der Waals surface area contributed by atoms with E-state index in [2.05, 4.69) is 11.1 Å². The highest BCUT2D eigenvalue weighted by Gasteiger charge is 2.39. The molecule has 1 saturated carbocycles. The van der Waals surface area contributed by atoms with Crippen LogP contribution in [0.1, 0.15) is 32.1 Å². The lowest BCUT2D eigenvalue weighted by atomic mass is 9.81. The lowest BCUT2D eigenvalue weighted by Gasteiger charge is -2.39. The molecule has 0 bridgehead atoms. The molecule has 10 heteroatoms. The van der Waals surface area contributed by atoms with E-state index in [9.17, 15) is 19.6 Å². The standard InChI is InChI=1S/C17H21ClN6O3/c1-21-13-12(14(26)22(2)16(21)27)24(15(18)20-13)9-11(25)23(3)17(10-19)7-5-4-6-8-17/h4-9H2,1-3H3. The van der Waals surface area contributed by atoms with Gasteiger partial charge in [-0.25, -0.2) is 4.79 Å². The number of aryl methyl sites for hydroxylation is 1. The molecule has 0 aliphatic heterocycles. The van der Waals surface area contributed by atoms with Crippen LogP contribution >= 0.6 is 11.6 Å². The van der Waals surface area contributed by atoms with Crippen molar-refractivity contribution in [2.45, 2.75) is 44.2 Å². The molecule has 1 aliphatic carbocycles. The van der Waals surface area contributed by atoms with E-state index in [0.29, 0.717) is 12.8 Å². The highest BCUT2D eigenvalue weighted by Crippen LogP contribution is 2.32. The molecule has 2 aromatic heterocycles. The molecule has 0 spiro atoms. The van der Waals surface area contributed by atoms with Gasteiger partial charge in [-0.15, -0.1) is 0 Å². The number of carbonyl (C=O) groups is 1. The number of hydrogen-bond acceptors (Lipinski definition) is 5. The normalized spacial score (nSPS) is 16.3. The van der Waals surface area contributed by atoms with E-state index in [0.717, 1.165) is 23.8 Å². The molecule has 0 atom stereocenters. The summed E-state index contributed by atoms with van der Waals surface area (Å²) < 4.78 is 3.46. The Morgan fingerprint density at radius 3 is 2.48 bits per heavy atom. The minimum Gasteiger partial charge on any atom is -0.325 e. The first-order valence-electron chi connectivity index (χ1n) is 8.73. The van der Waals surface area contributed by atoms with Gasteiger partial charge in [0.1, 0.15) is 12.1 Å². The Balaban J connectivity index is 2.03. The molecular formula is C17H21ClN6O3. The van der Waals surface area contributed by atoms with Gasteiger partial charge in [0.15, 0.2) is 11.2 Å². The number of nitriles is 1. The molecule has 9 nitrogen and oxygen atoms in total. The summed E-state index contributed by atoms with van der Waals surface area (Å²) in [6, 6.07) is 2.30. The largest absolute Gasteiger partial charge is 0.332 e. The van der Waals surface area contributed by atoms with Gasteiger partial charge in [-0.1, -0.05) is 19.3 Å². The van der Waals surface area contributed by atoms with Crippen LogP contribution in [0.2, 0.25) is 5.28 Å². The van der Waals surface area contributed by atoms with E-state index in [1.165, 1.54) is 28.1 Å². The molecular weight excluding hydrogens is 372 g/mol. The smallest absolute Gasteiger partial charge is 0.325 e. The van der Waals surface area contributed by atoms with Gasteiger partial charge in [-0.3, -0.25) is 23.3 Å². The van der Waals surface area contributed by atoms with E-state index < -0.39 is 16.8 Å². The Labute approximate surface area is 160 Å². The second-order valence-electron chi connectivity index (χ2n) is 7.00. The fourth-order valence-corrected chi connectivity index (χ4v) is 3.93. The number of amides is 1. The van der Waals surface area contributed by atoms with Crippen LogP contribution < -0.4 is 11.2 Å². The fraction of sp³-hybridized carbons (Fsp3) is 0.588. The molecule has 1 fully saturated rings. The SMILES string of the molecule is CN(C(=O)Cn1c(Cl)nc2c1c(=O)n(C)c(=O)n2C)C1(C#N)CCCCC1. The Morgan fingerprint density at radius 2 is 1.89 bits per heavy atom. The van der Waals surface area contributed by atoms with E-state index in [1.807, 2.05) is 0 Å². The maximum atomic E-state index is 12.9. The molecule has 3 rings (SSSR count). The minimum atomic E-state index is -0.837. The van der Waals surface area contributed by atoms with E-state index in [-0.39, 0.29) is 28.9 Å². The van der Waals surface area contributed by atoms with Gasteiger partial charge < -0.3 is 4.90 Å². The summed E-state index contributed by atoms with van der Waals surface area (Å²) in [6.07, 6.45) is 4.08. The van der Waals surface area contributed by atoms with Crippen LogP contribution in [-0.2, 0) is 25.4 Å². The van der Waals surface area contributed by atoms with Crippen molar-refractivity contribution in [1.82, 2.24) is 23.6 Å². The molecule has 144 valence electrons. The van der Waals surface area contributed by atoms with Crippen molar-refractivity contribution in [2.75, 3.05) is 7.05 Å². The summed E-state index contributed by atoms with van der Waals surface area (Å²) in [6.45, 7) is -0.233. The van der Waals surface area contributed by atoms with Crippen molar-refractivity contribution >= 4 is 28.7 Å². The Hall–Kier alpha value is -2.60. The van der Waals surface area contributed by atoms with Crippen LogP contribution in [0.5, 0.6) is 0 Å². The Bertz CT molecular complexity index is 1070. The van der Waals surface area contributed by atoms with E-state index in [1.54, 1.807) is 7.05 Å². The zero-order valence-corrected chi connectivity index (χ0v) is 16.3. The molecule has 0 aromatic carbocycles. The summed E-state index contributed by atoms with van der Waals surface area (Å²) in [5, 5.41) is 9.62. The molecule has 1 amide bonds. The predicted molar refractivity (Wildman–Crippen MR) is 99.4 cm³/mol. The average molecular weight is 393 g/mol. The summed E-state index contributed by atoms with van der Waals surface area (Å²) in [7, 11) is 4.45. The summed E-state index contributed by atoms with van der Waals surface area (Å²) >= 11 is 6.17. The number of hydrogen-bond donors (Lipinski definition) is 0. The van der Waals surface area contributed by atoms with Crippen LogP contribution in [-0.4, -0.2) is 42.1 Å². The number of halogens is 1. The van der Waals surface area contributed by atoms with E-state index in [4.69, 9.17) is 11.6 Å². The molecule has 27 heavy (non-hydrogen) atoms. The monoisotopic (exact) mass is 392 g/mol. The third-order valence-corrected chi connectivity index (χ3v) is 5.79. The van der Waals surface area contributed by atoms with Crippen molar-refractivity contribution in [3.8, 4) is 6.07 Å². The zero-order valence-electron chi connectivity index (χ0n) is 15.5. The predicted octanol–water partition coefficient (Wildman–Crippen LogP) is 0.772. The van der Waals surface area contributed by atoms with Crippen molar-refractivity contribution in [3.63, 3.8) is 0 Å².